The summed E-state index contributed by atoms with van der Waals surface area (Å²) in [7, 11) is 0. The molecule has 0 spiro atoms. The highest BCUT2D eigenvalue weighted by molar-refractivity contribution is 9.10. The Hall–Kier alpha value is -1.79. The van der Waals surface area contributed by atoms with Crippen molar-refractivity contribution >= 4 is 39.0 Å². The molecule has 108 valence electrons. The third-order valence-electron chi connectivity index (χ3n) is 2.89. The van der Waals surface area contributed by atoms with Crippen molar-refractivity contribution in [1.29, 1.82) is 0 Å². The molecule has 0 aliphatic carbocycles. The fourth-order valence-corrected chi connectivity index (χ4v) is 2.49. The predicted molar refractivity (Wildman–Crippen MR) is 87.5 cm³/mol. The molecule has 1 amide bonds. The van der Waals surface area contributed by atoms with Gasteiger partial charge in [0.15, 0.2) is 0 Å². The van der Waals surface area contributed by atoms with Crippen molar-refractivity contribution in [2.75, 3.05) is 0 Å². The number of hydrogen-bond donors (Lipinski definition) is 2. The highest BCUT2D eigenvalue weighted by Gasteiger charge is 2.20. The lowest BCUT2D eigenvalue weighted by molar-refractivity contribution is 0.0945. The zero-order valence-electron chi connectivity index (χ0n) is 10.8. The van der Waals surface area contributed by atoms with E-state index >= 15 is 0 Å². The van der Waals surface area contributed by atoms with Crippen LogP contribution < -0.4 is 11.1 Å². The molecule has 1 unspecified atom stereocenters. The Morgan fingerprint density at radius 2 is 1.86 bits per heavy atom. The number of thiocarbonyl (C=S) groups is 1. The van der Waals surface area contributed by atoms with Crippen LogP contribution >= 0.6 is 28.1 Å². The summed E-state index contributed by atoms with van der Waals surface area (Å²) in [5.74, 6) is -0.961. The SMILES string of the molecule is NC(=S)C(NC(=O)c1cccc(F)c1Br)c1ccccc1. The second-order valence-corrected chi connectivity index (χ2v) is 5.59. The molecule has 0 fully saturated rings. The molecule has 2 aromatic carbocycles. The molecule has 1 atom stereocenters. The summed E-state index contributed by atoms with van der Waals surface area (Å²) in [6.07, 6.45) is 0. The van der Waals surface area contributed by atoms with E-state index in [1.165, 1.54) is 18.2 Å². The van der Waals surface area contributed by atoms with E-state index < -0.39 is 17.8 Å². The minimum Gasteiger partial charge on any atom is -0.391 e. The molecule has 6 heteroatoms. The zero-order valence-corrected chi connectivity index (χ0v) is 13.2. The van der Waals surface area contributed by atoms with Crippen LogP contribution in [0.1, 0.15) is 22.0 Å². The van der Waals surface area contributed by atoms with Gasteiger partial charge in [-0.25, -0.2) is 4.39 Å². The smallest absolute Gasteiger partial charge is 0.253 e. The molecule has 0 saturated heterocycles. The van der Waals surface area contributed by atoms with Crippen molar-refractivity contribution in [3.05, 3.63) is 69.9 Å². The highest BCUT2D eigenvalue weighted by atomic mass is 79.9. The lowest BCUT2D eigenvalue weighted by Crippen LogP contribution is -2.36. The van der Waals surface area contributed by atoms with E-state index in [1.54, 1.807) is 0 Å². The topological polar surface area (TPSA) is 55.1 Å². The summed E-state index contributed by atoms with van der Waals surface area (Å²) in [6.45, 7) is 0. The second-order valence-electron chi connectivity index (χ2n) is 4.32. The van der Waals surface area contributed by atoms with Crippen LogP contribution in [0.3, 0.4) is 0 Å². The minimum atomic E-state index is -0.608. The molecule has 0 aliphatic rings. The molecule has 3 N–H and O–H groups in total. The molecule has 0 saturated carbocycles. The van der Waals surface area contributed by atoms with Gasteiger partial charge in [0.05, 0.1) is 10.0 Å². The molecule has 2 rings (SSSR count). The van der Waals surface area contributed by atoms with Crippen LogP contribution in [0.2, 0.25) is 0 Å². The maximum absolute atomic E-state index is 13.5. The predicted octanol–water partition coefficient (Wildman–Crippen LogP) is 3.35. The first kappa shape index (κ1) is 15.6. The minimum absolute atomic E-state index is 0.109. The molecule has 3 nitrogen and oxygen atoms in total. The van der Waals surface area contributed by atoms with E-state index in [0.717, 1.165) is 5.56 Å². The van der Waals surface area contributed by atoms with Crippen LogP contribution in [-0.2, 0) is 0 Å². The van der Waals surface area contributed by atoms with E-state index in [9.17, 15) is 9.18 Å². The zero-order chi connectivity index (χ0) is 15.4. The Bertz CT molecular complexity index is 679. The van der Waals surface area contributed by atoms with Crippen molar-refractivity contribution in [2.24, 2.45) is 5.73 Å². The first-order chi connectivity index (χ1) is 10.0. The summed E-state index contributed by atoms with van der Waals surface area (Å²) in [5.41, 5.74) is 6.65. The summed E-state index contributed by atoms with van der Waals surface area (Å²) < 4.78 is 13.6. The van der Waals surface area contributed by atoms with Gasteiger partial charge in [0.1, 0.15) is 16.8 Å². The normalized spacial score (nSPS) is 11.7. The third kappa shape index (κ3) is 3.65. The van der Waals surface area contributed by atoms with Gasteiger partial charge in [0, 0.05) is 0 Å². The third-order valence-corrected chi connectivity index (χ3v) is 3.93. The highest BCUT2D eigenvalue weighted by Crippen LogP contribution is 2.21. The molecular formula is C15H12BrFN2OS. The van der Waals surface area contributed by atoms with Crippen molar-refractivity contribution in [3.63, 3.8) is 0 Å². The maximum atomic E-state index is 13.5. The number of halogens is 2. The van der Waals surface area contributed by atoms with Gasteiger partial charge < -0.3 is 11.1 Å². The molecule has 2 aromatic rings. The Morgan fingerprint density at radius 1 is 1.19 bits per heavy atom. The number of benzene rings is 2. The second kappa shape index (κ2) is 6.78. The fraction of sp³-hybridized carbons (Fsp3) is 0.0667. The first-order valence-electron chi connectivity index (χ1n) is 6.10. The lowest BCUT2D eigenvalue weighted by atomic mass is 10.1. The van der Waals surface area contributed by atoms with Gasteiger partial charge in [-0.1, -0.05) is 48.6 Å². The largest absolute Gasteiger partial charge is 0.391 e. The van der Waals surface area contributed by atoms with Crippen LogP contribution in [0.5, 0.6) is 0 Å². The summed E-state index contributed by atoms with van der Waals surface area (Å²) >= 11 is 8.07. The van der Waals surface area contributed by atoms with E-state index in [0.29, 0.717) is 0 Å². The Morgan fingerprint density at radius 3 is 2.48 bits per heavy atom. The van der Waals surface area contributed by atoms with Crippen LogP contribution in [0.4, 0.5) is 4.39 Å². The number of hydrogen-bond acceptors (Lipinski definition) is 2. The molecule has 0 aliphatic heterocycles. The fourth-order valence-electron chi connectivity index (χ4n) is 1.85. The van der Waals surface area contributed by atoms with E-state index in [4.69, 9.17) is 18.0 Å². The average molecular weight is 367 g/mol. The number of carbonyl (C=O) groups is 1. The van der Waals surface area contributed by atoms with Crippen LogP contribution in [-0.4, -0.2) is 10.9 Å². The van der Waals surface area contributed by atoms with Crippen LogP contribution in [0.25, 0.3) is 0 Å². The van der Waals surface area contributed by atoms with Gasteiger partial charge in [-0.2, -0.15) is 0 Å². The summed E-state index contributed by atoms with van der Waals surface area (Å²) in [5, 5.41) is 2.72. The van der Waals surface area contributed by atoms with Crippen molar-refractivity contribution in [1.82, 2.24) is 5.32 Å². The van der Waals surface area contributed by atoms with Gasteiger partial charge in [-0.15, -0.1) is 0 Å². The van der Waals surface area contributed by atoms with Crippen molar-refractivity contribution in [3.8, 4) is 0 Å². The quantitative estimate of drug-likeness (QED) is 0.815. The van der Waals surface area contributed by atoms with Crippen molar-refractivity contribution in [2.45, 2.75) is 6.04 Å². The van der Waals surface area contributed by atoms with Gasteiger partial charge in [-0.05, 0) is 33.6 Å². The standard InChI is InChI=1S/C15H12BrFN2OS/c16-12-10(7-4-8-11(12)17)15(20)19-13(14(18)21)9-5-2-1-3-6-9/h1-8,13H,(H2,18,21)(H,19,20). The number of carbonyl (C=O) groups excluding carboxylic acids is 1. The van der Waals surface area contributed by atoms with Crippen LogP contribution in [0, 0.1) is 5.82 Å². The maximum Gasteiger partial charge on any atom is 0.253 e. The lowest BCUT2D eigenvalue weighted by Gasteiger charge is -2.18. The first-order valence-corrected chi connectivity index (χ1v) is 7.30. The number of amides is 1. The van der Waals surface area contributed by atoms with E-state index in [1.807, 2.05) is 30.3 Å². The van der Waals surface area contributed by atoms with Gasteiger partial charge >= 0.3 is 0 Å². The van der Waals surface area contributed by atoms with Crippen LogP contribution in [0.15, 0.2) is 53.0 Å². The number of nitrogens with one attached hydrogen (secondary N) is 1. The van der Waals surface area contributed by atoms with Crippen molar-refractivity contribution < 1.29 is 9.18 Å². The van der Waals surface area contributed by atoms with Gasteiger partial charge in [0.2, 0.25) is 0 Å². The molecular weight excluding hydrogens is 355 g/mol. The average Bonchev–Trinajstić information content (AvgIpc) is 2.48. The molecule has 0 aromatic heterocycles. The molecule has 0 radical (unpaired) electrons. The van der Waals surface area contributed by atoms with Gasteiger partial charge in [0.25, 0.3) is 5.91 Å². The number of nitrogens with two attached hydrogens (primary N) is 1. The number of rotatable bonds is 4. The van der Waals surface area contributed by atoms with Gasteiger partial charge in [-0.3, -0.25) is 4.79 Å². The summed E-state index contributed by atoms with van der Waals surface area (Å²) in [6, 6.07) is 12.8. The Kier molecular flexibility index (Phi) is 5.03. The monoisotopic (exact) mass is 366 g/mol. The van der Waals surface area contributed by atoms with E-state index in [-0.39, 0.29) is 15.0 Å². The Labute approximate surface area is 135 Å². The Balaban J connectivity index is 2.28. The summed E-state index contributed by atoms with van der Waals surface area (Å²) in [4.78, 5) is 12.4. The molecule has 0 heterocycles. The van der Waals surface area contributed by atoms with E-state index in [2.05, 4.69) is 21.2 Å². The molecule has 0 bridgehead atoms. The molecule has 21 heavy (non-hydrogen) atoms.